The molecule has 0 amide bonds. The summed E-state index contributed by atoms with van der Waals surface area (Å²) in [6.07, 6.45) is 19.4. The predicted molar refractivity (Wildman–Crippen MR) is 141 cm³/mol. The quantitative estimate of drug-likeness (QED) is 0.442. The van der Waals surface area contributed by atoms with Gasteiger partial charge in [0.15, 0.2) is 0 Å². The molecule has 2 heteroatoms. The molecule has 184 valence electrons. The Balaban J connectivity index is 1.27. The number of thioether (sulfide) groups is 1. The van der Waals surface area contributed by atoms with Gasteiger partial charge in [0.2, 0.25) is 0 Å². The molecular weight excluding hydrogens is 406 g/mol. The van der Waals surface area contributed by atoms with Crippen LogP contribution in [-0.4, -0.2) is 17.2 Å². The predicted octanol–water partition coefficient (Wildman–Crippen LogP) is 8.53. The van der Waals surface area contributed by atoms with Crippen LogP contribution >= 0.6 is 11.8 Å². The Morgan fingerprint density at radius 2 is 1.69 bits per heavy atom. The maximum absolute atomic E-state index is 4.00. The Hall–Kier alpha value is 0.310. The zero-order valence-electron chi connectivity index (χ0n) is 22.1. The Morgan fingerprint density at radius 1 is 0.875 bits per heavy atom. The fourth-order valence-corrected chi connectivity index (χ4v) is 11.7. The van der Waals surface area contributed by atoms with E-state index >= 15 is 0 Å². The molecule has 0 aromatic heterocycles. The second-order valence-electron chi connectivity index (χ2n) is 14.0. The number of rotatable bonds is 5. The fourth-order valence-electron chi connectivity index (χ4n) is 10.3. The molecule has 5 rings (SSSR count). The van der Waals surface area contributed by atoms with Crippen molar-refractivity contribution in [1.82, 2.24) is 5.32 Å². The van der Waals surface area contributed by atoms with Gasteiger partial charge in [-0.3, -0.25) is 0 Å². The SMILES string of the molecule is CC(C)CCC[C@H](C)[C@H]1CC[C@H]2[C@@H]3CC[C@@H]4C[C@]5(CC[C@]4(C)[C@H]3CC[C@]12C)NCCCS5. The first-order valence-corrected chi connectivity index (χ1v) is 15.6. The van der Waals surface area contributed by atoms with Crippen molar-refractivity contribution in [1.29, 1.82) is 0 Å². The number of hydrogen-bond donors (Lipinski definition) is 1. The third-order valence-corrected chi connectivity index (χ3v) is 13.6. The van der Waals surface area contributed by atoms with Gasteiger partial charge in [-0.15, -0.1) is 11.8 Å². The van der Waals surface area contributed by atoms with Crippen LogP contribution in [0.15, 0.2) is 0 Å². The standard InChI is InChI=1S/C30H53NS/c1-21(2)8-6-9-22(3)25-12-13-26-24-11-10-23-20-30(31-18-7-19-32-30)17-16-28(23,4)27(24)14-15-29(25,26)5/h21-27,31H,6-20H2,1-5H3/t22-,23+,24-,25+,26-,27-,28-,29+,30+/m0/s1. The first-order valence-electron chi connectivity index (χ1n) is 14.7. The molecule has 9 atom stereocenters. The monoisotopic (exact) mass is 459 g/mol. The van der Waals surface area contributed by atoms with Crippen LogP contribution in [0.2, 0.25) is 0 Å². The molecule has 1 spiro atoms. The minimum Gasteiger partial charge on any atom is -0.303 e. The van der Waals surface area contributed by atoms with Crippen molar-refractivity contribution in [3.05, 3.63) is 0 Å². The van der Waals surface area contributed by atoms with E-state index in [1.54, 1.807) is 25.7 Å². The van der Waals surface area contributed by atoms with Crippen molar-refractivity contribution < 1.29 is 0 Å². The Kier molecular flexibility index (Phi) is 6.81. The van der Waals surface area contributed by atoms with E-state index in [-0.39, 0.29) is 0 Å². The van der Waals surface area contributed by atoms with Crippen LogP contribution in [0.1, 0.15) is 118 Å². The molecule has 4 saturated carbocycles. The van der Waals surface area contributed by atoms with Crippen molar-refractivity contribution in [3.63, 3.8) is 0 Å². The molecule has 1 nitrogen and oxygen atoms in total. The summed E-state index contributed by atoms with van der Waals surface area (Å²) in [5.41, 5.74) is 1.29. The lowest BCUT2D eigenvalue weighted by molar-refractivity contribution is -0.120. The largest absolute Gasteiger partial charge is 0.303 e. The van der Waals surface area contributed by atoms with Crippen LogP contribution in [0.25, 0.3) is 0 Å². The molecule has 1 N–H and O–H groups in total. The van der Waals surface area contributed by atoms with Crippen LogP contribution < -0.4 is 5.32 Å². The molecule has 1 heterocycles. The molecule has 0 radical (unpaired) electrons. The van der Waals surface area contributed by atoms with Crippen molar-refractivity contribution in [2.75, 3.05) is 12.3 Å². The van der Waals surface area contributed by atoms with Crippen molar-refractivity contribution in [2.24, 2.45) is 52.3 Å². The molecule has 4 aliphatic carbocycles. The fraction of sp³-hybridized carbons (Fsp3) is 1.00. The van der Waals surface area contributed by atoms with Gasteiger partial charge in [-0.2, -0.15) is 0 Å². The van der Waals surface area contributed by atoms with Crippen molar-refractivity contribution in [2.45, 2.75) is 123 Å². The smallest absolute Gasteiger partial charge is 0.0648 e. The lowest BCUT2D eigenvalue weighted by Gasteiger charge is -2.63. The van der Waals surface area contributed by atoms with Gasteiger partial charge in [0.25, 0.3) is 0 Å². The van der Waals surface area contributed by atoms with E-state index in [1.807, 2.05) is 0 Å². The van der Waals surface area contributed by atoms with Crippen LogP contribution in [-0.2, 0) is 0 Å². The van der Waals surface area contributed by atoms with E-state index in [2.05, 4.69) is 51.7 Å². The lowest BCUT2D eigenvalue weighted by atomic mass is 9.44. The number of fused-ring (bicyclic) bond motifs is 5. The number of hydrogen-bond acceptors (Lipinski definition) is 2. The summed E-state index contributed by atoms with van der Waals surface area (Å²) in [5.74, 6) is 8.29. The summed E-state index contributed by atoms with van der Waals surface area (Å²) in [7, 11) is 0. The summed E-state index contributed by atoms with van der Waals surface area (Å²) in [4.78, 5) is 0.447. The normalized spacial score (nSPS) is 49.5. The molecule has 0 aromatic rings. The zero-order valence-corrected chi connectivity index (χ0v) is 22.9. The minimum absolute atomic E-state index is 0.447. The summed E-state index contributed by atoms with van der Waals surface area (Å²) in [6, 6.07) is 0. The lowest BCUT2D eigenvalue weighted by Crippen LogP contribution is -2.59. The van der Waals surface area contributed by atoms with Gasteiger partial charge in [-0.05, 0) is 129 Å². The highest BCUT2D eigenvalue weighted by Gasteiger charge is 2.61. The molecule has 0 aromatic carbocycles. The average molecular weight is 460 g/mol. The first kappa shape index (κ1) is 24.0. The van der Waals surface area contributed by atoms with E-state index in [1.165, 1.54) is 70.1 Å². The van der Waals surface area contributed by atoms with Crippen LogP contribution in [0.3, 0.4) is 0 Å². The van der Waals surface area contributed by atoms with Crippen LogP contribution in [0.5, 0.6) is 0 Å². The summed E-state index contributed by atoms with van der Waals surface area (Å²) in [6.45, 7) is 14.2. The zero-order chi connectivity index (χ0) is 22.6. The molecule has 5 fully saturated rings. The van der Waals surface area contributed by atoms with E-state index in [0.717, 1.165) is 41.4 Å². The number of nitrogens with one attached hydrogen (secondary N) is 1. The minimum atomic E-state index is 0.447. The highest BCUT2D eigenvalue weighted by Crippen LogP contribution is 2.69. The molecule has 0 bridgehead atoms. The van der Waals surface area contributed by atoms with E-state index in [0.29, 0.717) is 15.7 Å². The van der Waals surface area contributed by atoms with Crippen molar-refractivity contribution >= 4 is 11.8 Å². The van der Waals surface area contributed by atoms with Crippen LogP contribution in [0.4, 0.5) is 0 Å². The second-order valence-corrected chi connectivity index (χ2v) is 15.5. The van der Waals surface area contributed by atoms with Crippen LogP contribution in [0, 0.1) is 52.3 Å². The van der Waals surface area contributed by atoms with Gasteiger partial charge < -0.3 is 5.32 Å². The third-order valence-electron chi connectivity index (χ3n) is 12.1. The third kappa shape index (κ3) is 4.04. The van der Waals surface area contributed by atoms with Gasteiger partial charge in [0.05, 0.1) is 4.87 Å². The van der Waals surface area contributed by atoms with Gasteiger partial charge in [0, 0.05) is 0 Å². The Labute approximate surface area is 204 Å². The molecule has 32 heavy (non-hydrogen) atoms. The average Bonchev–Trinajstić information content (AvgIpc) is 3.12. The van der Waals surface area contributed by atoms with Crippen molar-refractivity contribution in [3.8, 4) is 0 Å². The highest BCUT2D eigenvalue weighted by molar-refractivity contribution is 8.00. The summed E-state index contributed by atoms with van der Waals surface area (Å²) >= 11 is 2.29. The maximum Gasteiger partial charge on any atom is 0.0648 e. The van der Waals surface area contributed by atoms with Gasteiger partial charge >= 0.3 is 0 Å². The summed E-state index contributed by atoms with van der Waals surface area (Å²) in [5, 5.41) is 4.00. The topological polar surface area (TPSA) is 12.0 Å². The van der Waals surface area contributed by atoms with Gasteiger partial charge in [0.1, 0.15) is 0 Å². The second kappa shape index (κ2) is 9.07. The Morgan fingerprint density at radius 3 is 2.44 bits per heavy atom. The molecule has 1 aliphatic heterocycles. The molecular formula is C30H53NS. The maximum atomic E-state index is 4.00. The highest BCUT2D eigenvalue weighted by atomic mass is 32.2. The molecule has 1 saturated heterocycles. The van der Waals surface area contributed by atoms with Gasteiger partial charge in [-0.25, -0.2) is 0 Å². The van der Waals surface area contributed by atoms with E-state index in [9.17, 15) is 0 Å². The van der Waals surface area contributed by atoms with Gasteiger partial charge in [-0.1, -0.05) is 53.9 Å². The van der Waals surface area contributed by atoms with E-state index in [4.69, 9.17) is 0 Å². The molecule has 5 aliphatic rings. The first-order chi connectivity index (χ1) is 15.3. The molecule has 0 unspecified atom stereocenters. The van der Waals surface area contributed by atoms with E-state index < -0.39 is 0 Å². The summed E-state index contributed by atoms with van der Waals surface area (Å²) < 4.78 is 0. The Bertz CT molecular complexity index is 653.